The number of halogens is 1. The molecular weight excluding hydrogens is 464 g/mol. The van der Waals surface area contributed by atoms with Gasteiger partial charge in [0.05, 0.1) is 5.92 Å². The molecule has 1 unspecified atom stereocenters. The van der Waals surface area contributed by atoms with E-state index in [1.165, 1.54) is 0 Å². The topological polar surface area (TPSA) is 98.5 Å². The maximum atomic E-state index is 13.0. The Bertz CT molecular complexity index is 1580. The number of furan rings is 1. The van der Waals surface area contributed by atoms with Crippen molar-refractivity contribution in [2.75, 3.05) is 0 Å². The first-order chi connectivity index (χ1) is 16.8. The highest BCUT2D eigenvalue weighted by Gasteiger charge is 2.31. The SMILES string of the molecule is Cc1cc(C)c2c(C)c(C(=O)Oc3ccc4c(c3)OC(N)=C(C#N)C4c3ccc(Cl)cc3)oc2c1. The Morgan fingerprint density at radius 2 is 1.83 bits per heavy atom. The van der Waals surface area contributed by atoms with Crippen LogP contribution >= 0.6 is 11.6 Å². The molecule has 4 aromatic rings. The van der Waals surface area contributed by atoms with Crippen molar-refractivity contribution in [1.29, 1.82) is 5.26 Å². The van der Waals surface area contributed by atoms with E-state index >= 15 is 0 Å². The average Bonchev–Trinajstić information content (AvgIpc) is 3.15. The molecule has 0 aliphatic carbocycles. The summed E-state index contributed by atoms with van der Waals surface area (Å²) in [5.41, 5.74) is 11.4. The summed E-state index contributed by atoms with van der Waals surface area (Å²) in [6.45, 7) is 5.80. The fourth-order valence-corrected chi connectivity index (χ4v) is 4.76. The normalized spacial score (nSPS) is 14.9. The van der Waals surface area contributed by atoms with Gasteiger partial charge in [-0.1, -0.05) is 35.9 Å². The summed E-state index contributed by atoms with van der Waals surface area (Å²) < 4.78 is 17.2. The van der Waals surface area contributed by atoms with Gasteiger partial charge in [0.15, 0.2) is 0 Å². The van der Waals surface area contributed by atoms with Gasteiger partial charge >= 0.3 is 5.97 Å². The van der Waals surface area contributed by atoms with Gasteiger partial charge < -0.3 is 19.6 Å². The third-order valence-electron chi connectivity index (χ3n) is 6.16. The predicted molar refractivity (Wildman–Crippen MR) is 133 cm³/mol. The molecule has 174 valence electrons. The largest absolute Gasteiger partial charge is 0.449 e. The maximum absolute atomic E-state index is 13.0. The lowest BCUT2D eigenvalue weighted by Gasteiger charge is -2.26. The molecular formula is C28H21ClN2O4. The van der Waals surface area contributed by atoms with Gasteiger partial charge in [-0.3, -0.25) is 0 Å². The summed E-state index contributed by atoms with van der Waals surface area (Å²) >= 11 is 6.04. The average molecular weight is 485 g/mol. The molecule has 3 aromatic carbocycles. The molecule has 0 saturated heterocycles. The highest BCUT2D eigenvalue weighted by molar-refractivity contribution is 6.30. The van der Waals surface area contributed by atoms with Crippen molar-refractivity contribution in [1.82, 2.24) is 0 Å². The Morgan fingerprint density at radius 3 is 2.54 bits per heavy atom. The first kappa shape index (κ1) is 22.6. The van der Waals surface area contributed by atoms with E-state index in [0.29, 0.717) is 21.9 Å². The Hall–Kier alpha value is -4.21. The summed E-state index contributed by atoms with van der Waals surface area (Å²) in [6, 6.07) is 18.3. The zero-order chi connectivity index (χ0) is 24.9. The van der Waals surface area contributed by atoms with E-state index in [-0.39, 0.29) is 17.4 Å². The number of carbonyl (C=O) groups excluding carboxylic acids is 1. The van der Waals surface area contributed by atoms with Crippen LogP contribution in [0.5, 0.6) is 11.5 Å². The van der Waals surface area contributed by atoms with E-state index in [9.17, 15) is 10.1 Å². The van der Waals surface area contributed by atoms with Gasteiger partial charge in [0.25, 0.3) is 0 Å². The Kier molecular flexibility index (Phi) is 5.50. The number of fused-ring (bicyclic) bond motifs is 2. The van der Waals surface area contributed by atoms with Gasteiger partial charge in [-0.05, 0) is 61.7 Å². The first-order valence-electron chi connectivity index (χ1n) is 11.0. The molecule has 0 fully saturated rings. The molecule has 2 N–H and O–H groups in total. The second-order valence-corrected chi connectivity index (χ2v) is 9.01. The van der Waals surface area contributed by atoms with Gasteiger partial charge in [0.2, 0.25) is 11.6 Å². The molecule has 0 amide bonds. The summed E-state index contributed by atoms with van der Waals surface area (Å²) in [4.78, 5) is 13.0. The van der Waals surface area contributed by atoms with Gasteiger partial charge in [-0.15, -0.1) is 0 Å². The van der Waals surface area contributed by atoms with Crippen LogP contribution in [0.2, 0.25) is 5.02 Å². The summed E-state index contributed by atoms with van der Waals surface area (Å²) in [6.07, 6.45) is 0. The lowest BCUT2D eigenvalue weighted by molar-refractivity contribution is 0.0702. The van der Waals surface area contributed by atoms with Crippen molar-refractivity contribution in [3.05, 3.63) is 105 Å². The third kappa shape index (κ3) is 3.90. The van der Waals surface area contributed by atoms with Crippen molar-refractivity contribution < 1.29 is 18.7 Å². The van der Waals surface area contributed by atoms with Crippen LogP contribution in [0.1, 0.15) is 44.3 Å². The van der Waals surface area contributed by atoms with Gasteiger partial charge in [-0.25, -0.2) is 4.79 Å². The highest BCUT2D eigenvalue weighted by Crippen LogP contribution is 2.43. The number of allylic oxidation sites excluding steroid dienone is 1. The van der Waals surface area contributed by atoms with Crippen LogP contribution < -0.4 is 15.2 Å². The van der Waals surface area contributed by atoms with Crippen molar-refractivity contribution in [2.45, 2.75) is 26.7 Å². The number of hydrogen-bond acceptors (Lipinski definition) is 6. The fraction of sp³-hybridized carbons (Fsp3) is 0.143. The molecule has 35 heavy (non-hydrogen) atoms. The minimum Gasteiger partial charge on any atom is -0.449 e. The summed E-state index contributed by atoms with van der Waals surface area (Å²) in [5.74, 6) is -0.222. The molecule has 7 heteroatoms. The molecule has 0 spiro atoms. The van der Waals surface area contributed by atoms with E-state index in [4.69, 9.17) is 31.2 Å². The molecule has 1 aliphatic heterocycles. The predicted octanol–water partition coefficient (Wildman–Crippen LogP) is 6.45. The van der Waals surface area contributed by atoms with Gasteiger partial charge in [0, 0.05) is 27.6 Å². The van der Waals surface area contributed by atoms with Crippen molar-refractivity contribution in [2.24, 2.45) is 5.73 Å². The van der Waals surface area contributed by atoms with Crippen LogP contribution in [0.25, 0.3) is 11.0 Å². The Balaban J connectivity index is 1.49. The number of esters is 1. The third-order valence-corrected chi connectivity index (χ3v) is 6.41. The number of nitriles is 1. The minimum atomic E-state index is -0.609. The van der Waals surface area contributed by atoms with E-state index in [2.05, 4.69) is 6.07 Å². The van der Waals surface area contributed by atoms with Crippen molar-refractivity contribution in [3.8, 4) is 17.6 Å². The van der Waals surface area contributed by atoms with Crippen LogP contribution in [-0.2, 0) is 0 Å². The molecule has 0 saturated carbocycles. The smallest absolute Gasteiger partial charge is 0.379 e. The number of hydrogen-bond donors (Lipinski definition) is 1. The quantitative estimate of drug-likeness (QED) is 0.265. The molecule has 0 bridgehead atoms. The van der Waals surface area contributed by atoms with E-state index in [1.807, 2.05) is 45.0 Å². The lowest BCUT2D eigenvalue weighted by Crippen LogP contribution is -2.21. The number of benzene rings is 3. The summed E-state index contributed by atoms with van der Waals surface area (Å²) in [7, 11) is 0. The molecule has 5 rings (SSSR count). The van der Waals surface area contributed by atoms with Crippen LogP contribution in [0.15, 0.2) is 70.5 Å². The van der Waals surface area contributed by atoms with Gasteiger partial charge in [0.1, 0.15) is 28.7 Å². The Morgan fingerprint density at radius 1 is 1.09 bits per heavy atom. The maximum Gasteiger partial charge on any atom is 0.379 e. The molecule has 6 nitrogen and oxygen atoms in total. The standard InChI is InChI=1S/C28H21ClN2O4/c1-14-10-15(2)24-16(3)26(34-23(24)11-14)28(32)33-19-8-9-20-22(12-19)35-27(31)21(13-30)25(20)17-4-6-18(29)7-5-17/h4-12,25H,31H2,1-3H3. The number of nitrogens with zero attached hydrogens (tertiary/aromatic N) is 1. The van der Waals surface area contributed by atoms with Gasteiger partial charge in [-0.2, -0.15) is 5.26 Å². The first-order valence-corrected chi connectivity index (χ1v) is 11.3. The fourth-order valence-electron chi connectivity index (χ4n) is 4.64. The molecule has 0 radical (unpaired) electrons. The van der Waals surface area contributed by atoms with E-state index in [0.717, 1.165) is 33.2 Å². The van der Waals surface area contributed by atoms with Crippen LogP contribution in [0.3, 0.4) is 0 Å². The number of carbonyl (C=O) groups is 1. The second kappa shape index (κ2) is 8.53. The second-order valence-electron chi connectivity index (χ2n) is 8.58. The highest BCUT2D eigenvalue weighted by atomic mass is 35.5. The number of ether oxygens (including phenoxy) is 2. The van der Waals surface area contributed by atoms with E-state index < -0.39 is 11.9 Å². The molecule has 1 atom stereocenters. The zero-order valence-electron chi connectivity index (χ0n) is 19.3. The van der Waals surface area contributed by atoms with Crippen LogP contribution in [0, 0.1) is 32.1 Å². The van der Waals surface area contributed by atoms with Crippen LogP contribution in [-0.4, -0.2) is 5.97 Å². The molecule has 1 aliphatic rings. The summed E-state index contributed by atoms with van der Waals surface area (Å²) in [5, 5.41) is 11.2. The molecule has 2 heterocycles. The van der Waals surface area contributed by atoms with Crippen molar-refractivity contribution >= 4 is 28.5 Å². The van der Waals surface area contributed by atoms with E-state index in [1.54, 1.807) is 30.3 Å². The lowest BCUT2D eigenvalue weighted by atomic mass is 9.83. The number of rotatable bonds is 3. The number of aryl methyl sites for hydroxylation is 3. The minimum absolute atomic E-state index is 0.00222. The van der Waals surface area contributed by atoms with Crippen LogP contribution in [0.4, 0.5) is 0 Å². The zero-order valence-corrected chi connectivity index (χ0v) is 20.1. The molecule has 1 aromatic heterocycles. The van der Waals surface area contributed by atoms with Crippen molar-refractivity contribution in [3.63, 3.8) is 0 Å². The Labute approximate surface area is 207 Å². The number of nitrogens with two attached hydrogens (primary N) is 1. The monoisotopic (exact) mass is 484 g/mol.